The van der Waals surface area contributed by atoms with Crippen LogP contribution in [0.15, 0.2) is 54.6 Å². The van der Waals surface area contributed by atoms with Gasteiger partial charge >= 0.3 is 37.2 Å². The van der Waals surface area contributed by atoms with Crippen molar-refractivity contribution in [1.29, 1.82) is 0 Å². The van der Waals surface area contributed by atoms with Crippen molar-refractivity contribution in [2.24, 2.45) is 0 Å². The average Bonchev–Trinajstić information content (AvgIpc) is 2.29. The van der Waals surface area contributed by atoms with E-state index in [-0.39, 0.29) is 35.7 Å². The van der Waals surface area contributed by atoms with Crippen molar-refractivity contribution >= 4 is 37.2 Å². The van der Waals surface area contributed by atoms with E-state index in [1.807, 2.05) is 42.5 Å². The summed E-state index contributed by atoms with van der Waals surface area (Å²) < 4.78 is 11.1. The van der Waals surface area contributed by atoms with Gasteiger partial charge in [-0.05, 0) is 16.7 Å². The van der Waals surface area contributed by atoms with Crippen LogP contribution in [0.2, 0.25) is 0 Å². The first-order valence-electron chi connectivity index (χ1n) is 5.24. The minimum absolute atomic E-state index is 0. The zero-order valence-corrected chi connectivity index (χ0v) is 10.0. The molecule has 0 unspecified atom stereocenters. The fraction of sp³-hybridized carbons (Fsp3) is 0.0769. The van der Waals surface area contributed by atoms with Gasteiger partial charge in [-0.3, -0.25) is 4.57 Å². The Morgan fingerprint density at radius 2 is 1.44 bits per heavy atom. The number of hydrogen-bond acceptors (Lipinski definition) is 1. The number of hydrogen-bond donors (Lipinski definition) is 2. The van der Waals surface area contributed by atoms with Gasteiger partial charge in [0.05, 0.1) is 6.16 Å². The standard InChI is InChI=1S/C13H13O3P.Na.H/c14-17(15,16)10-12-8-4-5-9-13(12)11-6-2-1-3-7-11;;/h1-9H,10H2,(H2,14,15,16);;. The van der Waals surface area contributed by atoms with Crippen molar-refractivity contribution in [2.45, 2.75) is 6.16 Å². The zero-order valence-electron chi connectivity index (χ0n) is 9.15. The van der Waals surface area contributed by atoms with Crippen LogP contribution >= 0.6 is 7.60 Å². The van der Waals surface area contributed by atoms with Crippen LogP contribution in [-0.4, -0.2) is 39.3 Å². The molecule has 2 N–H and O–H groups in total. The predicted octanol–water partition coefficient (Wildman–Crippen LogP) is 2.38. The molecule has 18 heavy (non-hydrogen) atoms. The zero-order chi connectivity index (χ0) is 12.3. The molecule has 2 aromatic carbocycles. The van der Waals surface area contributed by atoms with Gasteiger partial charge in [-0.25, -0.2) is 0 Å². The van der Waals surface area contributed by atoms with Gasteiger partial charge in [-0.15, -0.1) is 0 Å². The van der Waals surface area contributed by atoms with Gasteiger partial charge in [0.2, 0.25) is 0 Å². The molecule has 3 nitrogen and oxygen atoms in total. The van der Waals surface area contributed by atoms with Crippen LogP contribution in [0.5, 0.6) is 0 Å². The Bertz CT molecular complexity index is 551. The topological polar surface area (TPSA) is 57.5 Å². The van der Waals surface area contributed by atoms with E-state index in [1.165, 1.54) is 0 Å². The molecule has 0 bridgehead atoms. The normalized spacial score (nSPS) is 10.8. The molecule has 2 aromatic rings. The van der Waals surface area contributed by atoms with Gasteiger partial charge in [-0.2, -0.15) is 0 Å². The number of benzene rings is 2. The maximum atomic E-state index is 11.1. The molecule has 0 spiro atoms. The van der Waals surface area contributed by atoms with Crippen molar-refractivity contribution in [3.8, 4) is 11.1 Å². The first-order chi connectivity index (χ1) is 8.06. The predicted molar refractivity (Wildman–Crippen MR) is 74.8 cm³/mol. The average molecular weight is 272 g/mol. The van der Waals surface area contributed by atoms with E-state index in [9.17, 15) is 4.57 Å². The Morgan fingerprint density at radius 3 is 2.06 bits per heavy atom. The van der Waals surface area contributed by atoms with E-state index in [0.717, 1.165) is 11.1 Å². The van der Waals surface area contributed by atoms with Crippen molar-refractivity contribution in [2.75, 3.05) is 0 Å². The van der Waals surface area contributed by atoms with E-state index >= 15 is 0 Å². The molecule has 0 amide bonds. The van der Waals surface area contributed by atoms with Gasteiger partial charge in [-0.1, -0.05) is 54.6 Å². The van der Waals surface area contributed by atoms with Crippen LogP contribution < -0.4 is 0 Å². The molecule has 5 heteroatoms. The molecule has 0 saturated carbocycles. The van der Waals surface area contributed by atoms with E-state index < -0.39 is 7.60 Å². The Morgan fingerprint density at radius 1 is 0.889 bits per heavy atom. The molecule has 0 aromatic heterocycles. The van der Waals surface area contributed by atoms with E-state index in [1.54, 1.807) is 12.1 Å². The Hall–Kier alpha value is -0.410. The summed E-state index contributed by atoms with van der Waals surface area (Å²) in [5.74, 6) is 0. The molecule has 0 saturated heterocycles. The molecule has 90 valence electrons. The van der Waals surface area contributed by atoms with Crippen LogP contribution in [0.4, 0.5) is 0 Å². The van der Waals surface area contributed by atoms with E-state index in [0.29, 0.717) is 5.56 Å². The Balaban J connectivity index is 0.00000162. The molecule has 0 fully saturated rings. The minimum atomic E-state index is -4.03. The third kappa shape index (κ3) is 4.36. The molecule has 0 radical (unpaired) electrons. The maximum absolute atomic E-state index is 11.1. The van der Waals surface area contributed by atoms with Gasteiger partial charge in [0.15, 0.2) is 0 Å². The SMILES string of the molecule is O=P(O)(O)Cc1ccccc1-c1ccccc1.[NaH]. The van der Waals surface area contributed by atoms with Gasteiger partial charge < -0.3 is 9.79 Å². The first-order valence-corrected chi connectivity index (χ1v) is 7.04. The number of rotatable bonds is 3. The first kappa shape index (κ1) is 15.6. The summed E-state index contributed by atoms with van der Waals surface area (Å²) in [7, 11) is -4.03. The molecule has 0 aliphatic carbocycles. The summed E-state index contributed by atoms with van der Waals surface area (Å²) >= 11 is 0. The van der Waals surface area contributed by atoms with E-state index in [4.69, 9.17) is 9.79 Å². The quantitative estimate of drug-likeness (QED) is 0.666. The fourth-order valence-electron chi connectivity index (χ4n) is 1.78. The van der Waals surface area contributed by atoms with Crippen LogP contribution in [0, 0.1) is 0 Å². The van der Waals surface area contributed by atoms with Crippen LogP contribution in [0.1, 0.15) is 5.56 Å². The Labute approximate surface area is 128 Å². The fourth-order valence-corrected chi connectivity index (χ4v) is 2.50. The summed E-state index contributed by atoms with van der Waals surface area (Å²) in [6, 6.07) is 16.9. The molecular weight excluding hydrogens is 258 g/mol. The molecular formula is C13H14NaO3P. The van der Waals surface area contributed by atoms with Crippen molar-refractivity contribution in [1.82, 2.24) is 0 Å². The van der Waals surface area contributed by atoms with Crippen molar-refractivity contribution in [3.63, 3.8) is 0 Å². The second kappa shape index (κ2) is 6.67. The van der Waals surface area contributed by atoms with Crippen molar-refractivity contribution in [3.05, 3.63) is 60.2 Å². The third-order valence-electron chi connectivity index (χ3n) is 2.48. The molecule has 2 rings (SSSR count). The molecule has 0 atom stereocenters. The molecule has 0 aliphatic heterocycles. The summed E-state index contributed by atoms with van der Waals surface area (Å²) in [6.45, 7) is 0. The summed E-state index contributed by atoms with van der Waals surface area (Å²) in [4.78, 5) is 18.1. The van der Waals surface area contributed by atoms with Crippen LogP contribution in [0.25, 0.3) is 11.1 Å². The second-order valence-corrected chi connectivity index (χ2v) is 5.49. The summed E-state index contributed by atoms with van der Waals surface area (Å²) in [5.41, 5.74) is 2.51. The van der Waals surface area contributed by atoms with Crippen LogP contribution in [0.3, 0.4) is 0 Å². The summed E-state index contributed by atoms with van der Waals surface area (Å²) in [6.07, 6.45) is -0.224. The second-order valence-electron chi connectivity index (χ2n) is 3.85. The van der Waals surface area contributed by atoms with Gasteiger partial charge in [0.25, 0.3) is 0 Å². The van der Waals surface area contributed by atoms with Gasteiger partial charge in [0.1, 0.15) is 0 Å². The van der Waals surface area contributed by atoms with Crippen molar-refractivity contribution < 1.29 is 14.4 Å². The third-order valence-corrected chi connectivity index (χ3v) is 3.23. The Kier molecular flexibility index (Phi) is 5.80. The summed E-state index contributed by atoms with van der Waals surface area (Å²) in [5, 5.41) is 0. The molecule has 0 heterocycles. The van der Waals surface area contributed by atoms with Crippen LogP contribution in [-0.2, 0) is 10.7 Å². The van der Waals surface area contributed by atoms with E-state index in [2.05, 4.69) is 0 Å². The monoisotopic (exact) mass is 272 g/mol. The van der Waals surface area contributed by atoms with Gasteiger partial charge in [0, 0.05) is 0 Å². The molecule has 0 aliphatic rings.